The summed E-state index contributed by atoms with van der Waals surface area (Å²) in [6.45, 7) is 12.5. The fourth-order valence-electron chi connectivity index (χ4n) is 3.58. The molecule has 4 nitrogen and oxygen atoms in total. The molecule has 0 spiro atoms. The Labute approximate surface area is 130 Å². The van der Waals surface area contributed by atoms with Crippen LogP contribution in [0.25, 0.3) is 0 Å². The average molecular weight is 298 g/mol. The Kier molecular flexibility index (Phi) is 6.48. The van der Waals surface area contributed by atoms with E-state index in [-0.39, 0.29) is 12.0 Å². The van der Waals surface area contributed by atoms with Crippen LogP contribution < -0.4 is 5.32 Å². The smallest absolute Gasteiger partial charge is 0.0702 e. The second-order valence-electron chi connectivity index (χ2n) is 7.79. The van der Waals surface area contributed by atoms with Crippen LogP contribution in [-0.4, -0.2) is 61.5 Å². The first-order valence-electron chi connectivity index (χ1n) is 8.68. The molecule has 2 aliphatic heterocycles. The summed E-state index contributed by atoms with van der Waals surface area (Å²) < 4.78 is 5.76. The van der Waals surface area contributed by atoms with Crippen LogP contribution in [-0.2, 0) is 4.74 Å². The summed E-state index contributed by atoms with van der Waals surface area (Å²) in [5.41, 5.74) is 0.184. The summed E-state index contributed by atoms with van der Waals surface area (Å²) in [6.07, 6.45) is 5.04. The third-order valence-corrected chi connectivity index (χ3v) is 5.11. The van der Waals surface area contributed by atoms with Gasteiger partial charge in [0.2, 0.25) is 0 Å². The van der Waals surface area contributed by atoms with Crippen LogP contribution in [0.15, 0.2) is 0 Å². The maximum absolute atomic E-state index is 9.11. The van der Waals surface area contributed by atoms with Crippen LogP contribution in [0, 0.1) is 11.3 Å². The minimum atomic E-state index is 0.184. The summed E-state index contributed by atoms with van der Waals surface area (Å²) in [6, 6.07) is 0.615. The van der Waals surface area contributed by atoms with E-state index in [2.05, 4.69) is 31.0 Å². The van der Waals surface area contributed by atoms with Crippen LogP contribution in [0.1, 0.15) is 46.5 Å². The largest absolute Gasteiger partial charge is 0.396 e. The third kappa shape index (κ3) is 5.51. The SMILES string of the molecule is CC1CN(CC2CCCO2)CCC1NCC(C)(C)CCO. The molecule has 3 unspecified atom stereocenters. The molecule has 4 heteroatoms. The zero-order valence-electron chi connectivity index (χ0n) is 14.1. The number of aliphatic hydroxyl groups is 1. The van der Waals surface area contributed by atoms with Crippen LogP contribution in [0.2, 0.25) is 0 Å². The molecule has 0 saturated carbocycles. The molecule has 124 valence electrons. The molecule has 2 heterocycles. The normalized spacial score (nSPS) is 31.7. The van der Waals surface area contributed by atoms with Gasteiger partial charge in [0.1, 0.15) is 0 Å². The van der Waals surface area contributed by atoms with Gasteiger partial charge in [-0.05, 0) is 43.6 Å². The molecular weight excluding hydrogens is 264 g/mol. The van der Waals surface area contributed by atoms with Crippen molar-refractivity contribution < 1.29 is 9.84 Å². The Bertz CT molecular complexity index is 303. The van der Waals surface area contributed by atoms with Gasteiger partial charge >= 0.3 is 0 Å². The number of likely N-dealkylation sites (tertiary alicyclic amines) is 1. The number of aliphatic hydroxyl groups excluding tert-OH is 1. The lowest BCUT2D eigenvalue weighted by Gasteiger charge is -2.39. The van der Waals surface area contributed by atoms with Gasteiger partial charge in [0, 0.05) is 38.9 Å². The zero-order chi connectivity index (χ0) is 15.3. The summed E-state index contributed by atoms with van der Waals surface area (Å²) >= 11 is 0. The summed E-state index contributed by atoms with van der Waals surface area (Å²) in [4.78, 5) is 2.58. The molecule has 0 aromatic heterocycles. The van der Waals surface area contributed by atoms with Crippen molar-refractivity contribution in [2.45, 2.75) is 58.6 Å². The van der Waals surface area contributed by atoms with Gasteiger partial charge in [-0.15, -0.1) is 0 Å². The minimum absolute atomic E-state index is 0.184. The molecule has 0 radical (unpaired) electrons. The van der Waals surface area contributed by atoms with Crippen molar-refractivity contribution in [3.05, 3.63) is 0 Å². The van der Waals surface area contributed by atoms with E-state index in [1.807, 2.05) is 0 Å². The van der Waals surface area contributed by atoms with Crippen molar-refractivity contribution in [1.29, 1.82) is 0 Å². The quantitative estimate of drug-likeness (QED) is 0.753. The number of hydrogen-bond acceptors (Lipinski definition) is 4. The van der Waals surface area contributed by atoms with E-state index >= 15 is 0 Å². The zero-order valence-corrected chi connectivity index (χ0v) is 14.1. The van der Waals surface area contributed by atoms with Crippen LogP contribution in [0.3, 0.4) is 0 Å². The molecule has 2 aliphatic rings. The van der Waals surface area contributed by atoms with Gasteiger partial charge in [0.25, 0.3) is 0 Å². The van der Waals surface area contributed by atoms with Gasteiger partial charge < -0.3 is 20.1 Å². The van der Waals surface area contributed by atoms with Crippen LogP contribution in [0.4, 0.5) is 0 Å². The van der Waals surface area contributed by atoms with Gasteiger partial charge in [-0.2, -0.15) is 0 Å². The number of piperidine rings is 1. The van der Waals surface area contributed by atoms with Gasteiger partial charge in [0.05, 0.1) is 6.10 Å². The number of nitrogens with zero attached hydrogens (tertiary/aromatic N) is 1. The van der Waals surface area contributed by atoms with Crippen molar-refractivity contribution in [1.82, 2.24) is 10.2 Å². The Morgan fingerprint density at radius 2 is 2.14 bits per heavy atom. The van der Waals surface area contributed by atoms with Crippen molar-refractivity contribution >= 4 is 0 Å². The number of ether oxygens (including phenoxy) is 1. The lowest BCUT2D eigenvalue weighted by atomic mass is 9.87. The molecule has 2 rings (SSSR count). The fraction of sp³-hybridized carbons (Fsp3) is 1.00. The number of nitrogens with one attached hydrogen (secondary N) is 1. The topological polar surface area (TPSA) is 44.7 Å². The molecule has 2 fully saturated rings. The predicted octanol–water partition coefficient (Wildman–Crippen LogP) is 1.87. The summed E-state index contributed by atoms with van der Waals surface area (Å²) in [5.74, 6) is 0.685. The van der Waals surface area contributed by atoms with Gasteiger partial charge in [-0.3, -0.25) is 0 Å². The molecule has 0 aromatic rings. The molecule has 0 aliphatic carbocycles. The van der Waals surface area contributed by atoms with Gasteiger partial charge in [0.15, 0.2) is 0 Å². The van der Waals surface area contributed by atoms with Gasteiger partial charge in [-0.25, -0.2) is 0 Å². The first-order chi connectivity index (χ1) is 10.00. The number of hydrogen-bond donors (Lipinski definition) is 2. The standard InChI is InChI=1S/C17H34N2O2/c1-14-11-19(12-15-5-4-10-21-15)8-6-16(14)18-13-17(2,3)7-9-20/h14-16,18,20H,4-13H2,1-3H3. The Balaban J connectivity index is 1.70. The predicted molar refractivity (Wildman–Crippen MR) is 86.5 cm³/mol. The van der Waals surface area contributed by atoms with E-state index in [1.165, 1.54) is 32.4 Å². The number of rotatable bonds is 7. The van der Waals surface area contributed by atoms with Crippen molar-refractivity contribution in [2.75, 3.05) is 39.4 Å². The Hall–Kier alpha value is -0.160. The van der Waals surface area contributed by atoms with Gasteiger partial charge in [-0.1, -0.05) is 20.8 Å². The van der Waals surface area contributed by atoms with E-state index < -0.39 is 0 Å². The molecule has 0 amide bonds. The lowest BCUT2D eigenvalue weighted by Crippen LogP contribution is -2.51. The van der Waals surface area contributed by atoms with E-state index in [4.69, 9.17) is 9.84 Å². The molecule has 21 heavy (non-hydrogen) atoms. The average Bonchev–Trinajstić information content (AvgIpc) is 2.90. The maximum atomic E-state index is 9.11. The Morgan fingerprint density at radius 1 is 1.33 bits per heavy atom. The first kappa shape index (κ1) is 17.2. The molecule has 0 aromatic carbocycles. The molecule has 0 bridgehead atoms. The highest BCUT2D eigenvalue weighted by Gasteiger charge is 2.29. The van der Waals surface area contributed by atoms with E-state index in [0.29, 0.717) is 18.1 Å². The molecular formula is C17H34N2O2. The Morgan fingerprint density at radius 3 is 2.76 bits per heavy atom. The lowest BCUT2D eigenvalue weighted by molar-refractivity contribution is 0.0499. The third-order valence-electron chi connectivity index (χ3n) is 5.11. The van der Waals surface area contributed by atoms with Crippen LogP contribution >= 0.6 is 0 Å². The fourth-order valence-corrected chi connectivity index (χ4v) is 3.58. The molecule has 2 saturated heterocycles. The highest BCUT2D eigenvalue weighted by molar-refractivity contribution is 4.86. The second kappa shape index (κ2) is 7.91. The second-order valence-corrected chi connectivity index (χ2v) is 7.79. The molecule has 3 atom stereocenters. The summed E-state index contributed by atoms with van der Waals surface area (Å²) in [7, 11) is 0. The summed E-state index contributed by atoms with van der Waals surface area (Å²) in [5, 5.41) is 12.9. The minimum Gasteiger partial charge on any atom is -0.396 e. The van der Waals surface area contributed by atoms with Crippen LogP contribution in [0.5, 0.6) is 0 Å². The monoisotopic (exact) mass is 298 g/mol. The highest BCUT2D eigenvalue weighted by atomic mass is 16.5. The van der Waals surface area contributed by atoms with Crippen molar-refractivity contribution in [3.63, 3.8) is 0 Å². The van der Waals surface area contributed by atoms with E-state index in [0.717, 1.165) is 26.1 Å². The van der Waals surface area contributed by atoms with Crippen molar-refractivity contribution in [3.8, 4) is 0 Å². The van der Waals surface area contributed by atoms with Crippen molar-refractivity contribution in [2.24, 2.45) is 11.3 Å². The maximum Gasteiger partial charge on any atom is 0.0702 e. The molecule has 2 N–H and O–H groups in total. The van der Waals surface area contributed by atoms with E-state index in [1.54, 1.807) is 0 Å². The van der Waals surface area contributed by atoms with E-state index in [9.17, 15) is 0 Å². The first-order valence-corrected chi connectivity index (χ1v) is 8.68. The highest BCUT2D eigenvalue weighted by Crippen LogP contribution is 2.23.